The van der Waals surface area contributed by atoms with Crippen LogP contribution in [0.2, 0.25) is 0 Å². The summed E-state index contributed by atoms with van der Waals surface area (Å²) in [5.41, 5.74) is 1.85. The fourth-order valence-corrected chi connectivity index (χ4v) is 4.83. The van der Waals surface area contributed by atoms with Crippen LogP contribution in [0, 0.1) is 6.92 Å². The Hall–Kier alpha value is -2.12. The number of halogens is 1. The maximum atomic E-state index is 13.0. The number of hydrogen-bond donors (Lipinski definition) is 0. The molecule has 2 aromatic carbocycles. The molecule has 1 amide bonds. The Morgan fingerprint density at radius 2 is 1.77 bits per heavy atom. The molecule has 1 aliphatic heterocycles. The van der Waals surface area contributed by atoms with Crippen LogP contribution in [0.15, 0.2) is 65.6 Å². The van der Waals surface area contributed by atoms with Crippen LogP contribution in [-0.4, -0.2) is 36.3 Å². The first-order valence-corrected chi connectivity index (χ1v) is 10.4. The van der Waals surface area contributed by atoms with E-state index in [-0.39, 0.29) is 16.3 Å². The number of aryl methyl sites for hydroxylation is 1. The maximum absolute atomic E-state index is 13.0. The van der Waals surface area contributed by atoms with E-state index in [1.165, 1.54) is 12.1 Å². The SMILES string of the molecule is Cc1ccc(S(=O)(=O)N2C(=O)OC[C@H](Br)[C@H]2/C=C/c2ccccc2)cc1. The lowest BCUT2D eigenvalue weighted by Gasteiger charge is -2.35. The predicted octanol–water partition coefficient (Wildman–Crippen LogP) is 3.98. The van der Waals surface area contributed by atoms with Gasteiger partial charge < -0.3 is 4.74 Å². The molecule has 136 valence electrons. The molecule has 0 aromatic heterocycles. The van der Waals surface area contributed by atoms with Gasteiger partial charge in [-0.15, -0.1) is 0 Å². The highest BCUT2D eigenvalue weighted by Crippen LogP contribution is 2.28. The van der Waals surface area contributed by atoms with Gasteiger partial charge in [0.25, 0.3) is 10.0 Å². The number of carbonyl (C=O) groups is 1. The monoisotopic (exact) mass is 435 g/mol. The molecule has 0 radical (unpaired) electrons. The van der Waals surface area contributed by atoms with Gasteiger partial charge in [0.1, 0.15) is 6.61 Å². The fourth-order valence-electron chi connectivity index (χ4n) is 2.64. The molecular formula is C19H18BrNO4S. The number of benzene rings is 2. The fraction of sp³-hybridized carbons (Fsp3) is 0.211. The number of ether oxygens (including phenoxy) is 1. The Morgan fingerprint density at radius 3 is 2.42 bits per heavy atom. The average molecular weight is 436 g/mol. The minimum atomic E-state index is -4.04. The van der Waals surface area contributed by atoms with Gasteiger partial charge in [0.2, 0.25) is 0 Å². The summed E-state index contributed by atoms with van der Waals surface area (Å²) < 4.78 is 31.9. The molecule has 3 rings (SSSR count). The van der Waals surface area contributed by atoms with E-state index in [4.69, 9.17) is 4.74 Å². The number of rotatable bonds is 4. The minimum absolute atomic E-state index is 0.0553. The number of amides is 1. The van der Waals surface area contributed by atoms with Crippen LogP contribution in [0.5, 0.6) is 0 Å². The van der Waals surface area contributed by atoms with E-state index < -0.39 is 22.2 Å². The molecule has 2 atom stereocenters. The summed E-state index contributed by atoms with van der Waals surface area (Å²) in [5, 5.41) is 0. The third-order valence-corrected chi connectivity index (χ3v) is 6.63. The standard InChI is InChI=1S/C19H18BrNO4S/c1-14-7-10-16(11-8-14)26(23,24)21-18(17(20)13-25-19(21)22)12-9-15-5-3-2-4-6-15/h2-12,17-18H,13H2,1H3/b12-9+/t17-,18+/m0/s1. The smallest absolute Gasteiger partial charge is 0.424 e. The van der Waals surface area contributed by atoms with Gasteiger partial charge in [-0.2, -0.15) is 4.31 Å². The van der Waals surface area contributed by atoms with Crippen molar-refractivity contribution in [3.05, 3.63) is 71.8 Å². The van der Waals surface area contributed by atoms with Crippen molar-refractivity contribution in [1.82, 2.24) is 4.31 Å². The minimum Gasteiger partial charge on any atom is -0.447 e. The van der Waals surface area contributed by atoms with E-state index in [9.17, 15) is 13.2 Å². The van der Waals surface area contributed by atoms with Crippen molar-refractivity contribution in [2.45, 2.75) is 22.7 Å². The molecule has 0 spiro atoms. The van der Waals surface area contributed by atoms with Crippen molar-refractivity contribution in [2.75, 3.05) is 6.61 Å². The summed E-state index contributed by atoms with van der Waals surface area (Å²) in [7, 11) is -4.04. The Balaban J connectivity index is 1.98. The van der Waals surface area contributed by atoms with Crippen molar-refractivity contribution in [2.24, 2.45) is 0 Å². The zero-order valence-electron chi connectivity index (χ0n) is 14.1. The summed E-state index contributed by atoms with van der Waals surface area (Å²) in [5.74, 6) is 0. The van der Waals surface area contributed by atoms with Crippen LogP contribution >= 0.6 is 15.9 Å². The van der Waals surface area contributed by atoms with Crippen LogP contribution in [-0.2, 0) is 14.8 Å². The molecule has 5 nitrogen and oxygen atoms in total. The van der Waals surface area contributed by atoms with Crippen molar-refractivity contribution < 1.29 is 17.9 Å². The van der Waals surface area contributed by atoms with Gasteiger partial charge in [-0.05, 0) is 24.6 Å². The van der Waals surface area contributed by atoms with E-state index in [1.807, 2.05) is 37.3 Å². The molecule has 0 saturated carbocycles. The molecule has 0 aliphatic carbocycles. The number of hydrogen-bond acceptors (Lipinski definition) is 4. The van der Waals surface area contributed by atoms with Crippen molar-refractivity contribution in [3.63, 3.8) is 0 Å². The van der Waals surface area contributed by atoms with E-state index >= 15 is 0 Å². The first-order chi connectivity index (χ1) is 12.4. The highest BCUT2D eigenvalue weighted by molar-refractivity contribution is 9.09. The number of nitrogens with zero attached hydrogens (tertiary/aromatic N) is 1. The zero-order valence-corrected chi connectivity index (χ0v) is 16.5. The zero-order chi connectivity index (χ0) is 18.7. The molecule has 0 bridgehead atoms. The number of sulfonamides is 1. The molecule has 0 unspecified atom stereocenters. The summed E-state index contributed by atoms with van der Waals surface area (Å²) in [6.45, 7) is 1.97. The van der Waals surface area contributed by atoms with Gasteiger partial charge in [0.05, 0.1) is 15.8 Å². The Morgan fingerprint density at radius 1 is 1.12 bits per heavy atom. The molecular weight excluding hydrogens is 418 g/mol. The van der Waals surface area contributed by atoms with Gasteiger partial charge in [-0.3, -0.25) is 0 Å². The van der Waals surface area contributed by atoms with Gasteiger partial charge >= 0.3 is 6.09 Å². The van der Waals surface area contributed by atoms with Crippen LogP contribution in [0.4, 0.5) is 4.79 Å². The van der Waals surface area contributed by atoms with Gasteiger partial charge in [0.15, 0.2) is 0 Å². The Labute approximate surface area is 161 Å². The Kier molecular flexibility index (Phi) is 5.48. The summed E-state index contributed by atoms with van der Waals surface area (Å²) in [6.07, 6.45) is 2.64. The molecule has 26 heavy (non-hydrogen) atoms. The quantitative estimate of drug-likeness (QED) is 0.681. The molecule has 0 N–H and O–H groups in total. The number of alkyl halides is 1. The van der Waals surface area contributed by atoms with Crippen LogP contribution in [0.3, 0.4) is 0 Å². The van der Waals surface area contributed by atoms with Crippen LogP contribution in [0.25, 0.3) is 6.08 Å². The third-order valence-electron chi connectivity index (χ3n) is 4.05. The van der Waals surface area contributed by atoms with Crippen molar-refractivity contribution >= 4 is 38.1 Å². The molecule has 1 aliphatic rings. The molecule has 1 fully saturated rings. The Bertz CT molecular complexity index is 910. The summed E-state index contributed by atoms with van der Waals surface area (Å²) in [6, 6.07) is 15.2. The number of cyclic esters (lactones) is 1. The second-order valence-electron chi connectivity index (χ2n) is 5.97. The number of carbonyl (C=O) groups excluding carboxylic acids is 1. The van der Waals surface area contributed by atoms with Gasteiger partial charge in [-0.1, -0.05) is 76.1 Å². The van der Waals surface area contributed by atoms with Crippen molar-refractivity contribution in [3.8, 4) is 0 Å². The van der Waals surface area contributed by atoms with Crippen LogP contribution < -0.4 is 0 Å². The predicted molar refractivity (Wildman–Crippen MR) is 104 cm³/mol. The molecule has 2 aromatic rings. The lowest BCUT2D eigenvalue weighted by molar-refractivity contribution is 0.0932. The second-order valence-corrected chi connectivity index (χ2v) is 8.96. The maximum Gasteiger partial charge on any atom is 0.424 e. The topological polar surface area (TPSA) is 63.7 Å². The lowest BCUT2D eigenvalue weighted by atomic mass is 10.1. The third kappa shape index (κ3) is 3.83. The molecule has 7 heteroatoms. The highest BCUT2D eigenvalue weighted by atomic mass is 79.9. The van der Waals surface area contributed by atoms with Gasteiger partial charge in [-0.25, -0.2) is 13.2 Å². The highest BCUT2D eigenvalue weighted by Gasteiger charge is 2.42. The largest absolute Gasteiger partial charge is 0.447 e. The summed E-state index contributed by atoms with van der Waals surface area (Å²) in [4.78, 5) is 12.0. The van der Waals surface area contributed by atoms with Crippen molar-refractivity contribution in [1.29, 1.82) is 0 Å². The molecule has 1 saturated heterocycles. The normalized spacial score (nSPS) is 21.0. The first kappa shape index (κ1) is 18.7. The molecule has 1 heterocycles. The lowest BCUT2D eigenvalue weighted by Crippen LogP contribution is -2.53. The summed E-state index contributed by atoms with van der Waals surface area (Å²) >= 11 is 3.44. The second kappa shape index (κ2) is 7.63. The first-order valence-electron chi connectivity index (χ1n) is 8.05. The van der Waals surface area contributed by atoms with E-state index in [0.29, 0.717) is 0 Å². The van der Waals surface area contributed by atoms with Gasteiger partial charge in [0, 0.05) is 0 Å². The average Bonchev–Trinajstić information content (AvgIpc) is 2.63. The van der Waals surface area contributed by atoms with E-state index in [2.05, 4.69) is 15.9 Å². The van der Waals surface area contributed by atoms with E-state index in [0.717, 1.165) is 15.4 Å². The van der Waals surface area contributed by atoms with E-state index in [1.54, 1.807) is 24.3 Å². The van der Waals surface area contributed by atoms with Crippen LogP contribution in [0.1, 0.15) is 11.1 Å².